The average molecular weight is 354 g/mol. The molecule has 0 radical (unpaired) electrons. The quantitative estimate of drug-likeness (QED) is 0.476. The van der Waals surface area contributed by atoms with E-state index in [1.807, 2.05) is 6.92 Å². The van der Waals surface area contributed by atoms with Crippen LogP contribution in [0, 0.1) is 17.3 Å². The molecule has 0 amide bonds. The van der Waals surface area contributed by atoms with Crippen LogP contribution in [0.3, 0.4) is 0 Å². The van der Waals surface area contributed by atoms with Gasteiger partial charge in [-0.2, -0.15) is 0 Å². The Morgan fingerprint density at radius 1 is 0.960 bits per heavy atom. The Balaban J connectivity index is 1.24. The van der Waals surface area contributed by atoms with Gasteiger partial charge in [0.1, 0.15) is 13.2 Å². The average Bonchev–Trinajstić information content (AvgIpc) is 3.46. The molecule has 7 heteroatoms. The van der Waals surface area contributed by atoms with Crippen LogP contribution in [-0.4, -0.2) is 63.3 Å². The van der Waals surface area contributed by atoms with E-state index in [0.717, 1.165) is 25.7 Å². The van der Waals surface area contributed by atoms with Crippen LogP contribution in [0.25, 0.3) is 0 Å². The van der Waals surface area contributed by atoms with E-state index < -0.39 is 5.41 Å². The van der Waals surface area contributed by atoms with Crippen molar-refractivity contribution in [2.75, 3.05) is 26.9 Å². The zero-order valence-electron chi connectivity index (χ0n) is 14.8. The van der Waals surface area contributed by atoms with Gasteiger partial charge in [0.15, 0.2) is 0 Å². The summed E-state index contributed by atoms with van der Waals surface area (Å²) in [6.45, 7) is 2.59. The highest BCUT2D eigenvalue weighted by Crippen LogP contribution is 2.44. The minimum atomic E-state index is -0.555. The summed E-state index contributed by atoms with van der Waals surface area (Å²) in [5.41, 5.74) is -0.555. The number of rotatable bonds is 8. The lowest BCUT2D eigenvalue weighted by molar-refractivity contribution is -0.161. The molecule has 0 aromatic carbocycles. The second kappa shape index (κ2) is 6.52. The van der Waals surface area contributed by atoms with Gasteiger partial charge in [0, 0.05) is 7.11 Å². The molecule has 4 fully saturated rings. The molecule has 4 aliphatic rings. The Morgan fingerprint density at radius 2 is 1.64 bits per heavy atom. The van der Waals surface area contributed by atoms with E-state index in [-0.39, 0.29) is 61.4 Å². The van der Waals surface area contributed by atoms with E-state index in [2.05, 4.69) is 0 Å². The first-order valence-electron chi connectivity index (χ1n) is 9.12. The van der Waals surface area contributed by atoms with Crippen molar-refractivity contribution in [1.82, 2.24) is 0 Å². The fourth-order valence-corrected chi connectivity index (χ4v) is 4.14. The normalized spacial score (nSPS) is 39.9. The maximum atomic E-state index is 12.3. The van der Waals surface area contributed by atoms with E-state index in [4.69, 9.17) is 23.7 Å². The molecule has 2 aliphatic heterocycles. The Morgan fingerprint density at radius 3 is 2.20 bits per heavy atom. The van der Waals surface area contributed by atoms with Crippen LogP contribution in [0.4, 0.5) is 0 Å². The molecule has 25 heavy (non-hydrogen) atoms. The molecule has 0 N–H and O–H groups in total. The summed E-state index contributed by atoms with van der Waals surface area (Å²) in [5, 5.41) is 0. The predicted molar refractivity (Wildman–Crippen MR) is 84.7 cm³/mol. The minimum Gasteiger partial charge on any atom is -0.465 e. The number of fused-ring (bicyclic) bond motifs is 2. The summed E-state index contributed by atoms with van der Waals surface area (Å²) in [5.74, 6) is -0.619. The van der Waals surface area contributed by atoms with E-state index >= 15 is 0 Å². The lowest BCUT2D eigenvalue weighted by Gasteiger charge is -2.28. The first kappa shape index (κ1) is 17.2. The second-order valence-corrected chi connectivity index (χ2v) is 8.16. The smallest absolute Gasteiger partial charge is 0.311 e. The number of carbonyl (C=O) groups is 2. The zero-order valence-corrected chi connectivity index (χ0v) is 14.8. The van der Waals surface area contributed by atoms with Crippen molar-refractivity contribution >= 4 is 11.9 Å². The first-order chi connectivity index (χ1) is 12.0. The Bertz CT molecular complexity index is 540. The van der Waals surface area contributed by atoms with Gasteiger partial charge in [0.25, 0.3) is 0 Å². The molecule has 0 bridgehead atoms. The van der Waals surface area contributed by atoms with Gasteiger partial charge in [0.2, 0.25) is 0 Å². The zero-order chi connectivity index (χ0) is 17.6. The van der Waals surface area contributed by atoms with E-state index in [9.17, 15) is 9.59 Å². The van der Waals surface area contributed by atoms with Gasteiger partial charge in [0.05, 0.1) is 48.3 Å². The molecule has 2 saturated heterocycles. The molecule has 0 spiro atoms. The van der Waals surface area contributed by atoms with Crippen molar-refractivity contribution in [2.24, 2.45) is 17.3 Å². The van der Waals surface area contributed by atoms with Gasteiger partial charge < -0.3 is 23.7 Å². The molecule has 6 unspecified atom stereocenters. The number of epoxide rings is 2. The Hall–Kier alpha value is -1.18. The highest BCUT2D eigenvalue weighted by atomic mass is 16.6. The van der Waals surface area contributed by atoms with Gasteiger partial charge in [-0.25, -0.2) is 0 Å². The number of methoxy groups -OCH3 is 1. The lowest BCUT2D eigenvalue weighted by atomic mass is 9.94. The third-order valence-electron chi connectivity index (χ3n) is 5.76. The monoisotopic (exact) mass is 354 g/mol. The Labute approximate surface area is 147 Å². The van der Waals surface area contributed by atoms with Crippen molar-refractivity contribution in [2.45, 2.75) is 57.0 Å². The minimum absolute atomic E-state index is 0.0510. The van der Waals surface area contributed by atoms with Crippen molar-refractivity contribution < 1.29 is 33.3 Å². The van der Waals surface area contributed by atoms with Crippen LogP contribution in [0.1, 0.15) is 32.6 Å². The molecule has 7 nitrogen and oxygen atoms in total. The van der Waals surface area contributed by atoms with Crippen LogP contribution in [0.5, 0.6) is 0 Å². The standard InChI is InChI=1S/C18H26O7/c1-18(7-21-2,8-22-16(19)10-5-13-14(6-10)24-13)9-23-17(20)11-3-4-12-15(11)25-12/h10-15H,3-9H2,1-2H3. The Kier molecular flexibility index (Phi) is 4.50. The van der Waals surface area contributed by atoms with Crippen LogP contribution < -0.4 is 0 Å². The SMILES string of the molecule is COCC(C)(COC(=O)C1CC2OC2C1)COC(=O)C1CCC2OC21. The maximum absolute atomic E-state index is 12.3. The van der Waals surface area contributed by atoms with Gasteiger partial charge in [-0.3, -0.25) is 9.59 Å². The summed E-state index contributed by atoms with van der Waals surface area (Å²) >= 11 is 0. The fourth-order valence-electron chi connectivity index (χ4n) is 4.14. The van der Waals surface area contributed by atoms with Gasteiger partial charge in [-0.15, -0.1) is 0 Å². The number of esters is 2. The van der Waals surface area contributed by atoms with E-state index in [0.29, 0.717) is 6.61 Å². The van der Waals surface area contributed by atoms with E-state index in [1.54, 1.807) is 7.11 Å². The van der Waals surface area contributed by atoms with Gasteiger partial charge >= 0.3 is 11.9 Å². The molecule has 6 atom stereocenters. The third-order valence-corrected chi connectivity index (χ3v) is 5.76. The van der Waals surface area contributed by atoms with Crippen molar-refractivity contribution in [3.63, 3.8) is 0 Å². The molecule has 0 aromatic rings. The molecular weight excluding hydrogens is 328 g/mol. The van der Waals surface area contributed by atoms with Crippen molar-refractivity contribution in [3.8, 4) is 0 Å². The number of hydrogen-bond acceptors (Lipinski definition) is 7. The molecule has 2 heterocycles. The van der Waals surface area contributed by atoms with Gasteiger partial charge in [-0.1, -0.05) is 6.92 Å². The summed E-state index contributed by atoms with van der Waals surface area (Å²) in [4.78, 5) is 24.5. The number of carbonyl (C=O) groups excluding carboxylic acids is 2. The second-order valence-electron chi connectivity index (χ2n) is 8.16. The fraction of sp³-hybridized carbons (Fsp3) is 0.889. The van der Waals surface area contributed by atoms with Crippen LogP contribution >= 0.6 is 0 Å². The highest BCUT2D eigenvalue weighted by molar-refractivity contribution is 5.74. The summed E-state index contributed by atoms with van der Waals surface area (Å²) < 4.78 is 27.0. The molecule has 140 valence electrons. The van der Waals surface area contributed by atoms with E-state index in [1.165, 1.54) is 0 Å². The molecule has 2 saturated carbocycles. The number of ether oxygens (including phenoxy) is 5. The topological polar surface area (TPSA) is 86.9 Å². The van der Waals surface area contributed by atoms with Crippen LogP contribution in [0.15, 0.2) is 0 Å². The molecule has 0 aromatic heterocycles. The lowest BCUT2D eigenvalue weighted by Crippen LogP contribution is -2.37. The summed E-state index contributed by atoms with van der Waals surface area (Å²) in [7, 11) is 1.59. The highest BCUT2D eigenvalue weighted by Gasteiger charge is 2.54. The number of hydrogen-bond donors (Lipinski definition) is 0. The third kappa shape index (κ3) is 3.68. The largest absolute Gasteiger partial charge is 0.465 e. The van der Waals surface area contributed by atoms with Crippen molar-refractivity contribution in [3.05, 3.63) is 0 Å². The predicted octanol–water partition coefficient (Wildman–Crippen LogP) is 1.08. The summed E-state index contributed by atoms with van der Waals surface area (Å²) in [6, 6.07) is 0. The van der Waals surface area contributed by atoms with Crippen molar-refractivity contribution in [1.29, 1.82) is 0 Å². The molecular formula is C18H26O7. The molecule has 4 rings (SSSR count). The molecule has 2 aliphatic carbocycles. The first-order valence-corrected chi connectivity index (χ1v) is 9.12. The van der Waals surface area contributed by atoms with Gasteiger partial charge in [-0.05, 0) is 25.7 Å². The maximum Gasteiger partial charge on any atom is 0.311 e. The van der Waals surface area contributed by atoms with Crippen LogP contribution in [-0.2, 0) is 33.3 Å². The van der Waals surface area contributed by atoms with Crippen LogP contribution in [0.2, 0.25) is 0 Å². The summed E-state index contributed by atoms with van der Waals surface area (Å²) in [6.07, 6.45) is 4.08.